The lowest BCUT2D eigenvalue weighted by Crippen LogP contribution is -2.24. The van der Waals surface area contributed by atoms with Gasteiger partial charge in [0.1, 0.15) is 6.10 Å². The van der Waals surface area contributed by atoms with Crippen molar-refractivity contribution < 1.29 is 5.11 Å². The Bertz CT molecular complexity index is 487. The summed E-state index contributed by atoms with van der Waals surface area (Å²) in [4.78, 5) is 2.44. The van der Waals surface area contributed by atoms with E-state index in [4.69, 9.17) is 6.42 Å². The van der Waals surface area contributed by atoms with Crippen molar-refractivity contribution >= 4 is 5.69 Å². The molecule has 0 radical (unpaired) electrons. The molecule has 19 heavy (non-hydrogen) atoms. The lowest BCUT2D eigenvalue weighted by molar-refractivity contribution is 0.238. The first-order valence-corrected chi connectivity index (χ1v) is 6.97. The highest BCUT2D eigenvalue weighted by Gasteiger charge is 2.24. The van der Waals surface area contributed by atoms with Crippen LogP contribution in [0, 0.1) is 12.3 Å². The molecule has 1 aromatic carbocycles. The summed E-state index contributed by atoms with van der Waals surface area (Å²) in [6, 6.07) is 6.13. The summed E-state index contributed by atoms with van der Waals surface area (Å²) in [5.74, 6) is 2.39. The molecular weight excluding hydrogens is 234 g/mol. The van der Waals surface area contributed by atoms with Gasteiger partial charge in [0, 0.05) is 18.8 Å². The van der Waals surface area contributed by atoms with Gasteiger partial charge in [0.25, 0.3) is 0 Å². The maximum atomic E-state index is 9.83. The first-order chi connectivity index (χ1) is 8.93. The van der Waals surface area contributed by atoms with Gasteiger partial charge in [0.15, 0.2) is 0 Å². The molecule has 0 saturated carbocycles. The van der Waals surface area contributed by atoms with Crippen LogP contribution in [-0.4, -0.2) is 18.2 Å². The van der Waals surface area contributed by atoms with Crippen LogP contribution in [0.15, 0.2) is 18.2 Å². The summed E-state index contributed by atoms with van der Waals surface area (Å²) in [6.07, 6.45) is 7.03. The van der Waals surface area contributed by atoms with Crippen LogP contribution in [0.3, 0.4) is 0 Å². The smallest absolute Gasteiger partial charge is 0.139 e. The zero-order valence-electron chi connectivity index (χ0n) is 12.1. The fourth-order valence-electron chi connectivity index (χ4n) is 2.65. The molecule has 1 saturated heterocycles. The number of anilines is 1. The first-order valence-electron chi connectivity index (χ1n) is 6.97. The maximum Gasteiger partial charge on any atom is 0.139 e. The van der Waals surface area contributed by atoms with Crippen molar-refractivity contribution in [1.29, 1.82) is 0 Å². The Labute approximate surface area is 116 Å². The van der Waals surface area contributed by atoms with Crippen molar-refractivity contribution in [3.63, 3.8) is 0 Å². The van der Waals surface area contributed by atoms with Crippen molar-refractivity contribution in [2.75, 3.05) is 18.0 Å². The van der Waals surface area contributed by atoms with Crippen LogP contribution in [0.25, 0.3) is 0 Å². The lowest BCUT2D eigenvalue weighted by atomic mass is 9.84. The van der Waals surface area contributed by atoms with Crippen LogP contribution < -0.4 is 4.90 Å². The Morgan fingerprint density at radius 2 is 1.89 bits per heavy atom. The van der Waals surface area contributed by atoms with Crippen molar-refractivity contribution in [2.45, 2.75) is 45.1 Å². The molecule has 102 valence electrons. The fraction of sp³-hybridized carbons (Fsp3) is 0.529. The van der Waals surface area contributed by atoms with Gasteiger partial charge >= 0.3 is 0 Å². The van der Waals surface area contributed by atoms with Gasteiger partial charge in [0.2, 0.25) is 0 Å². The summed E-state index contributed by atoms with van der Waals surface area (Å²) in [5.41, 5.74) is 3.41. The number of benzene rings is 1. The number of terminal acetylenes is 1. The van der Waals surface area contributed by atoms with Gasteiger partial charge < -0.3 is 10.0 Å². The summed E-state index contributed by atoms with van der Waals surface area (Å²) in [6.45, 7) is 8.86. The predicted molar refractivity (Wildman–Crippen MR) is 80.4 cm³/mol. The summed E-state index contributed by atoms with van der Waals surface area (Å²) in [5, 5.41) is 9.83. The highest BCUT2D eigenvalue weighted by atomic mass is 16.3. The third-order valence-electron chi connectivity index (χ3n) is 3.75. The van der Waals surface area contributed by atoms with E-state index in [1.54, 1.807) is 0 Å². The first kappa shape index (κ1) is 14.0. The summed E-state index contributed by atoms with van der Waals surface area (Å²) >= 11 is 0. The van der Waals surface area contributed by atoms with Crippen LogP contribution in [0.1, 0.15) is 50.8 Å². The van der Waals surface area contributed by atoms with Gasteiger partial charge in [-0.05, 0) is 41.5 Å². The van der Waals surface area contributed by atoms with E-state index in [0.717, 1.165) is 18.7 Å². The van der Waals surface area contributed by atoms with Gasteiger partial charge in [-0.25, -0.2) is 0 Å². The number of aliphatic hydroxyl groups excluding tert-OH is 1. The lowest BCUT2D eigenvalue weighted by Gasteiger charge is -2.29. The standard InChI is InChI=1S/C17H23NO/c1-5-16(19)13-8-9-15(18-10-6-7-11-18)14(12-13)17(2,3)4/h1,8-9,12,16,19H,6-7,10-11H2,2-4H3. The predicted octanol–water partition coefficient (Wildman–Crippen LogP) is 3.25. The molecule has 1 aliphatic rings. The summed E-state index contributed by atoms with van der Waals surface area (Å²) in [7, 11) is 0. The minimum Gasteiger partial charge on any atom is -0.376 e. The van der Waals surface area contributed by atoms with E-state index >= 15 is 0 Å². The van der Waals surface area contributed by atoms with Gasteiger partial charge in [-0.15, -0.1) is 6.42 Å². The topological polar surface area (TPSA) is 23.5 Å². The summed E-state index contributed by atoms with van der Waals surface area (Å²) < 4.78 is 0. The molecule has 1 N–H and O–H groups in total. The Hall–Kier alpha value is -1.46. The zero-order chi connectivity index (χ0) is 14.0. The van der Waals surface area contributed by atoms with Gasteiger partial charge in [0.05, 0.1) is 0 Å². The Kier molecular flexibility index (Phi) is 3.87. The average Bonchev–Trinajstić information content (AvgIpc) is 2.90. The zero-order valence-corrected chi connectivity index (χ0v) is 12.1. The van der Waals surface area contributed by atoms with Crippen LogP contribution in [0.2, 0.25) is 0 Å². The SMILES string of the molecule is C#CC(O)c1ccc(N2CCCC2)c(C(C)(C)C)c1. The molecular formula is C17H23NO. The van der Waals surface area contributed by atoms with Gasteiger partial charge in [-0.1, -0.05) is 32.8 Å². The van der Waals surface area contributed by atoms with Crippen LogP contribution in [0.4, 0.5) is 5.69 Å². The van der Waals surface area contributed by atoms with Crippen molar-refractivity contribution in [1.82, 2.24) is 0 Å². The number of hydrogen-bond donors (Lipinski definition) is 1. The molecule has 1 heterocycles. The quantitative estimate of drug-likeness (QED) is 0.822. The molecule has 1 atom stereocenters. The van der Waals surface area contributed by atoms with Crippen molar-refractivity contribution in [3.8, 4) is 12.3 Å². The molecule has 2 heteroatoms. The molecule has 2 nitrogen and oxygen atoms in total. The fourth-order valence-corrected chi connectivity index (χ4v) is 2.65. The molecule has 1 aliphatic heterocycles. The third kappa shape index (κ3) is 2.93. The van der Waals surface area contributed by atoms with Crippen LogP contribution in [-0.2, 0) is 5.41 Å². The normalized spacial score (nSPS) is 17.3. The van der Waals surface area contributed by atoms with E-state index < -0.39 is 6.10 Å². The molecule has 0 aromatic heterocycles. The van der Waals surface area contributed by atoms with Crippen molar-refractivity contribution in [2.24, 2.45) is 0 Å². The monoisotopic (exact) mass is 257 g/mol. The number of aliphatic hydroxyl groups is 1. The number of hydrogen-bond acceptors (Lipinski definition) is 2. The highest BCUT2D eigenvalue weighted by molar-refractivity contribution is 5.58. The molecule has 0 amide bonds. The maximum absolute atomic E-state index is 9.83. The Morgan fingerprint density at radius 1 is 1.26 bits per heavy atom. The molecule has 1 fully saturated rings. The van der Waals surface area contributed by atoms with E-state index in [1.807, 2.05) is 6.07 Å². The Morgan fingerprint density at radius 3 is 2.42 bits per heavy atom. The Balaban J connectivity index is 2.46. The largest absolute Gasteiger partial charge is 0.376 e. The molecule has 0 bridgehead atoms. The molecule has 1 aromatic rings. The minimum atomic E-state index is -0.811. The molecule has 2 rings (SSSR count). The van der Waals surface area contributed by atoms with E-state index in [2.05, 4.69) is 43.7 Å². The second kappa shape index (κ2) is 5.27. The average molecular weight is 257 g/mol. The second-order valence-corrected chi connectivity index (χ2v) is 6.29. The highest BCUT2D eigenvalue weighted by Crippen LogP contribution is 2.35. The van der Waals surface area contributed by atoms with Gasteiger partial charge in [-0.3, -0.25) is 0 Å². The molecule has 1 unspecified atom stereocenters. The molecule has 0 spiro atoms. The number of rotatable bonds is 2. The minimum absolute atomic E-state index is 0.0439. The second-order valence-electron chi connectivity index (χ2n) is 6.29. The molecule has 0 aliphatic carbocycles. The van der Waals surface area contributed by atoms with Gasteiger partial charge in [-0.2, -0.15) is 0 Å². The van der Waals surface area contributed by atoms with E-state index in [9.17, 15) is 5.11 Å². The van der Waals surface area contributed by atoms with Crippen LogP contribution in [0.5, 0.6) is 0 Å². The third-order valence-corrected chi connectivity index (χ3v) is 3.75. The van der Waals surface area contributed by atoms with Crippen molar-refractivity contribution in [3.05, 3.63) is 29.3 Å². The van der Waals surface area contributed by atoms with E-state index in [0.29, 0.717) is 0 Å². The van der Waals surface area contributed by atoms with Crippen LogP contribution >= 0.6 is 0 Å². The van der Waals surface area contributed by atoms with E-state index in [-0.39, 0.29) is 5.41 Å². The van der Waals surface area contributed by atoms with E-state index in [1.165, 1.54) is 24.1 Å². The number of nitrogens with zero attached hydrogens (tertiary/aromatic N) is 1.